The van der Waals surface area contributed by atoms with Gasteiger partial charge in [0.05, 0.1) is 6.04 Å². The number of nitrogens with one attached hydrogen (secondary N) is 2. The van der Waals surface area contributed by atoms with Gasteiger partial charge in [-0.25, -0.2) is 9.10 Å². The molecule has 0 aliphatic carbocycles. The number of carbonyl (C=O) groups excluding carboxylic acids is 3. The number of likely N-dealkylation sites (tertiary alicyclic amines) is 1. The standard InChI is InChI=1S/C17H23N5O6S.Na.H/c1-20(2)10-8-18-15(23)11-3-5-12(6-4-11)19-17(25)21-9-7-13-14(21)16(24)22(13)29(26,27)28;;/h3-6,13-14H,7-10H2,1-2H3,(H,18,23)(H,19,25)(H,26,27,28);;/t13-,14+;;/m1../s1. The van der Waals surface area contributed by atoms with Gasteiger partial charge in [-0.15, -0.1) is 0 Å². The molecule has 1 aromatic carbocycles. The topological polar surface area (TPSA) is 139 Å². The molecule has 2 aliphatic rings. The molecule has 2 saturated heterocycles. The molecule has 4 amide bonds. The minimum atomic E-state index is -4.62. The van der Waals surface area contributed by atoms with Crippen molar-refractivity contribution in [1.29, 1.82) is 0 Å². The Morgan fingerprint density at radius 1 is 1.23 bits per heavy atom. The third-order valence-electron chi connectivity index (χ3n) is 4.89. The predicted octanol–water partition coefficient (Wildman–Crippen LogP) is -1.05. The third-order valence-corrected chi connectivity index (χ3v) is 5.84. The molecule has 0 spiro atoms. The second-order valence-corrected chi connectivity index (χ2v) is 8.46. The van der Waals surface area contributed by atoms with Crippen LogP contribution in [-0.2, 0) is 15.1 Å². The molecule has 30 heavy (non-hydrogen) atoms. The van der Waals surface area contributed by atoms with E-state index in [1.54, 1.807) is 24.3 Å². The molecule has 11 nitrogen and oxygen atoms in total. The summed E-state index contributed by atoms with van der Waals surface area (Å²) in [5.74, 6) is -1.05. The van der Waals surface area contributed by atoms with Crippen molar-refractivity contribution in [2.45, 2.75) is 18.5 Å². The van der Waals surface area contributed by atoms with Crippen LogP contribution in [0, 0.1) is 0 Å². The Labute approximate surface area is 196 Å². The van der Waals surface area contributed by atoms with Crippen molar-refractivity contribution < 1.29 is 27.4 Å². The molecular formula is C17H24N5NaO6S. The van der Waals surface area contributed by atoms with Crippen LogP contribution < -0.4 is 10.6 Å². The van der Waals surface area contributed by atoms with Gasteiger partial charge in [0, 0.05) is 30.9 Å². The molecular weight excluding hydrogens is 425 g/mol. The Kier molecular flexibility index (Phi) is 7.88. The SMILES string of the molecule is CN(C)CCNC(=O)c1ccc(NC(=O)N2CC[C@@H]3[C@H]2C(=O)N3S(=O)(=O)O)cc1.[NaH]. The number of carbonyl (C=O) groups is 3. The van der Waals surface area contributed by atoms with Crippen molar-refractivity contribution in [3.63, 3.8) is 0 Å². The number of rotatable bonds is 6. The van der Waals surface area contributed by atoms with E-state index in [1.165, 1.54) is 4.90 Å². The summed E-state index contributed by atoms with van der Waals surface area (Å²) in [5, 5.41) is 5.42. The number of nitrogens with zero attached hydrogens (tertiary/aromatic N) is 3. The maximum absolute atomic E-state index is 12.5. The first-order chi connectivity index (χ1) is 13.6. The first kappa shape index (κ1) is 24.6. The summed E-state index contributed by atoms with van der Waals surface area (Å²) < 4.78 is 32.0. The monoisotopic (exact) mass is 449 g/mol. The Morgan fingerprint density at radius 3 is 2.43 bits per heavy atom. The van der Waals surface area contributed by atoms with Gasteiger partial charge in [0.2, 0.25) is 0 Å². The molecule has 0 aromatic heterocycles. The number of β-lactam (4-membered cyclic amide) rings is 1. The van der Waals surface area contributed by atoms with Crippen molar-refractivity contribution in [3.05, 3.63) is 29.8 Å². The summed E-state index contributed by atoms with van der Waals surface area (Å²) in [6.07, 6.45) is 0.260. The number of urea groups is 1. The van der Waals surface area contributed by atoms with Gasteiger partial charge in [-0.2, -0.15) is 8.42 Å². The molecule has 0 saturated carbocycles. The van der Waals surface area contributed by atoms with Crippen LogP contribution in [0.5, 0.6) is 0 Å². The van der Waals surface area contributed by atoms with Crippen molar-refractivity contribution in [3.8, 4) is 0 Å². The van der Waals surface area contributed by atoms with Gasteiger partial charge in [0.25, 0.3) is 11.8 Å². The van der Waals surface area contributed by atoms with Crippen LogP contribution in [0.3, 0.4) is 0 Å². The zero-order chi connectivity index (χ0) is 21.3. The fraction of sp³-hybridized carbons (Fsp3) is 0.471. The molecule has 3 rings (SSSR count). The molecule has 0 radical (unpaired) electrons. The van der Waals surface area contributed by atoms with E-state index in [4.69, 9.17) is 4.55 Å². The van der Waals surface area contributed by atoms with Crippen molar-refractivity contribution >= 4 is 63.4 Å². The summed E-state index contributed by atoms with van der Waals surface area (Å²) in [4.78, 5) is 39.8. The van der Waals surface area contributed by atoms with E-state index >= 15 is 0 Å². The number of hydrogen-bond acceptors (Lipinski definition) is 6. The van der Waals surface area contributed by atoms with Gasteiger partial charge in [-0.3, -0.25) is 14.1 Å². The summed E-state index contributed by atoms with van der Waals surface area (Å²) >= 11 is 0. The Hall–Kier alpha value is -1.70. The fourth-order valence-electron chi connectivity index (χ4n) is 3.44. The van der Waals surface area contributed by atoms with Crippen LogP contribution >= 0.6 is 0 Å². The molecule has 2 atom stereocenters. The molecule has 0 bridgehead atoms. The zero-order valence-corrected chi connectivity index (χ0v) is 16.8. The molecule has 2 fully saturated rings. The second-order valence-electron chi connectivity index (χ2n) is 7.17. The van der Waals surface area contributed by atoms with Gasteiger partial charge >= 0.3 is 45.9 Å². The first-order valence-corrected chi connectivity index (χ1v) is 10.4. The maximum atomic E-state index is 12.5. The van der Waals surface area contributed by atoms with E-state index in [2.05, 4.69) is 10.6 Å². The normalized spacial score (nSPS) is 20.3. The van der Waals surface area contributed by atoms with Gasteiger partial charge in [0.1, 0.15) is 6.04 Å². The third kappa shape index (κ3) is 5.13. The second kappa shape index (κ2) is 9.62. The van der Waals surface area contributed by atoms with Crippen LogP contribution in [0.15, 0.2) is 24.3 Å². The molecule has 13 heteroatoms. The summed E-state index contributed by atoms with van der Waals surface area (Å²) in [6.45, 7) is 1.41. The van der Waals surface area contributed by atoms with E-state index in [0.717, 1.165) is 0 Å². The van der Waals surface area contributed by atoms with Gasteiger partial charge in [-0.1, -0.05) is 0 Å². The van der Waals surface area contributed by atoms with Crippen LogP contribution in [0.1, 0.15) is 16.8 Å². The minimum absolute atomic E-state index is 0. The van der Waals surface area contributed by atoms with Crippen LogP contribution in [0.2, 0.25) is 0 Å². The summed E-state index contributed by atoms with van der Waals surface area (Å²) in [7, 11) is -0.804. The number of likely N-dealkylation sites (N-methyl/N-ethyl adjacent to an activating group) is 1. The zero-order valence-electron chi connectivity index (χ0n) is 16.0. The Bertz CT molecular complexity index is 923. The van der Waals surface area contributed by atoms with Gasteiger partial charge < -0.3 is 20.4 Å². The average Bonchev–Trinajstić information content (AvgIpc) is 2.99. The number of anilines is 1. The van der Waals surface area contributed by atoms with Crippen LogP contribution in [0.25, 0.3) is 0 Å². The van der Waals surface area contributed by atoms with E-state index in [-0.39, 0.29) is 48.4 Å². The Balaban J connectivity index is 0.00000320. The van der Waals surface area contributed by atoms with Crippen LogP contribution in [-0.4, -0.2) is 120 Å². The number of amides is 4. The molecule has 160 valence electrons. The van der Waals surface area contributed by atoms with Crippen molar-refractivity contribution in [1.82, 2.24) is 19.4 Å². The van der Waals surface area contributed by atoms with E-state index < -0.39 is 34.3 Å². The predicted molar refractivity (Wildman–Crippen MR) is 111 cm³/mol. The fourth-order valence-corrected chi connectivity index (χ4v) is 4.34. The molecule has 1 aromatic rings. The quantitative estimate of drug-likeness (QED) is 0.286. The molecule has 0 unspecified atom stereocenters. The first-order valence-electron chi connectivity index (χ1n) is 9.01. The number of benzene rings is 1. The number of hydrogen-bond donors (Lipinski definition) is 3. The molecule has 2 aliphatic heterocycles. The van der Waals surface area contributed by atoms with Crippen molar-refractivity contribution in [2.24, 2.45) is 0 Å². The van der Waals surface area contributed by atoms with Gasteiger partial charge in [0.15, 0.2) is 0 Å². The van der Waals surface area contributed by atoms with Crippen LogP contribution in [0.4, 0.5) is 10.5 Å². The number of fused-ring (bicyclic) bond motifs is 1. The van der Waals surface area contributed by atoms with E-state index in [0.29, 0.717) is 28.6 Å². The average molecular weight is 449 g/mol. The van der Waals surface area contributed by atoms with Gasteiger partial charge in [-0.05, 0) is 44.8 Å². The summed E-state index contributed by atoms with van der Waals surface area (Å²) in [6, 6.07) is 4.09. The molecule has 2 heterocycles. The van der Waals surface area contributed by atoms with E-state index in [1.807, 2.05) is 19.0 Å². The molecule has 3 N–H and O–H groups in total. The Morgan fingerprint density at radius 2 is 1.87 bits per heavy atom. The van der Waals surface area contributed by atoms with E-state index in [9.17, 15) is 22.8 Å². The summed E-state index contributed by atoms with van der Waals surface area (Å²) in [5.41, 5.74) is 0.877. The van der Waals surface area contributed by atoms with Crippen molar-refractivity contribution in [2.75, 3.05) is 39.0 Å².